The van der Waals surface area contributed by atoms with E-state index in [1.807, 2.05) is 18.2 Å². The van der Waals surface area contributed by atoms with Crippen molar-refractivity contribution in [3.05, 3.63) is 29.8 Å². The molecule has 0 unspecified atom stereocenters. The van der Waals surface area contributed by atoms with E-state index in [1.54, 1.807) is 13.1 Å². The molecule has 0 aromatic heterocycles. The molecule has 0 atom stereocenters. The van der Waals surface area contributed by atoms with E-state index in [1.165, 1.54) is 0 Å². The number of anilines is 1. The van der Waals surface area contributed by atoms with Crippen molar-refractivity contribution >= 4 is 17.6 Å². The highest BCUT2D eigenvalue weighted by atomic mass is 16.5. The van der Waals surface area contributed by atoms with Crippen LogP contribution in [-0.2, 0) is 20.7 Å². The van der Waals surface area contributed by atoms with Crippen molar-refractivity contribution in [2.24, 2.45) is 0 Å². The quantitative estimate of drug-likeness (QED) is 0.441. The number of carbonyl (C=O) groups excluding carboxylic acids is 2. The number of hydrogen-bond acceptors (Lipinski definition) is 4. The first-order valence-corrected chi connectivity index (χ1v) is 6.32. The maximum absolute atomic E-state index is 11.5. The fourth-order valence-electron chi connectivity index (χ4n) is 1.61. The number of aryl methyl sites for hydroxylation is 1. The van der Waals surface area contributed by atoms with E-state index in [0.717, 1.165) is 5.56 Å². The minimum absolute atomic E-state index is 0.0455. The van der Waals surface area contributed by atoms with Crippen molar-refractivity contribution in [2.75, 3.05) is 19.4 Å². The monoisotopic (exact) mass is 264 g/mol. The molecule has 5 heteroatoms. The Labute approximate surface area is 113 Å². The molecule has 0 fully saturated rings. The minimum atomic E-state index is -0.251. The Balaban J connectivity index is 2.16. The standard InChI is InChI=1S/C14H20N2O3/c1-16-13(17)6-3-9-19-14(18)8-7-11-4-2-5-12(15)10-11/h2,4-5,10H,3,6-9,15H2,1H3,(H,16,17). The van der Waals surface area contributed by atoms with Crippen LogP contribution in [0.2, 0.25) is 0 Å². The second-order valence-electron chi connectivity index (χ2n) is 4.24. The van der Waals surface area contributed by atoms with Gasteiger partial charge in [-0.25, -0.2) is 0 Å². The third kappa shape index (κ3) is 6.45. The molecule has 1 aromatic rings. The summed E-state index contributed by atoms with van der Waals surface area (Å²) in [6.07, 6.45) is 1.85. The van der Waals surface area contributed by atoms with Gasteiger partial charge in [0.05, 0.1) is 6.61 Å². The zero-order chi connectivity index (χ0) is 14.1. The van der Waals surface area contributed by atoms with Crippen molar-refractivity contribution in [3.63, 3.8) is 0 Å². The van der Waals surface area contributed by atoms with Crippen molar-refractivity contribution in [1.82, 2.24) is 5.32 Å². The molecule has 0 aliphatic heterocycles. The first kappa shape index (κ1) is 15.0. The largest absolute Gasteiger partial charge is 0.466 e. The van der Waals surface area contributed by atoms with Gasteiger partial charge in [0.15, 0.2) is 0 Å². The Kier molecular flexibility index (Phi) is 6.43. The van der Waals surface area contributed by atoms with Gasteiger partial charge in [0, 0.05) is 25.6 Å². The van der Waals surface area contributed by atoms with E-state index in [-0.39, 0.29) is 18.5 Å². The number of nitrogens with two attached hydrogens (primary N) is 1. The molecule has 0 heterocycles. The number of benzene rings is 1. The Morgan fingerprint density at radius 1 is 1.32 bits per heavy atom. The molecule has 0 aliphatic rings. The van der Waals surface area contributed by atoms with Gasteiger partial charge in [0.25, 0.3) is 0 Å². The van der Waals surface area contributed by atoms with Crippen molar-refractivity contribution in [2.45, 2.75) is 25.7 Å². The van der Waals surface area contributed by atoms with Crippen LogP contribution in [0.5, 0.6) is 0 Å². The summed E-state index contributed by atoms with van der Waals surface area (Å²) < 4.78 is 5.04. The van der Waals surface area contributed by atoms with Crippen LogP contribution in [0.4, 0.5) is 5.69 Å². The first-order valence-electron chi connectivity index (χ1n) is 6.32. The van der Waals surface area contributed by atoms with Crippen LogP contribution >= 0.6 is 0 Å². The number of carbonyl (C=O) groups is 2. The van der Waals surface area contributed by atoms with Gasteiger partial charge in [-0.3, -0.25) is 9.59 Å². The summed E-state index contributed by atoms with van der Waals surface area (Å²) in [6, 6.07) is 7.44. The number of nitrogens with one attached hydrogen (secondary N) is 1. The Morgan fingerprint density at radius 2 is 2.11 bits per heavy atom. The zero-order valence-electron chi connectivity index (χ0n) is 11.1. The SMILES string of the molecule is CNC(=O)CCCOC(=O)CCc1cccc(N)c1. The lowest BCUT2D eigenvalue weighted by Crippen LogP contribution is -2.18. The number of nitrogen functional groups attached to an aromatic ring is 1. The summed E-state index contributed by atoms with van der Waals surface area (Å²) in [7, 11) is 1.58. The molecule has 1 rings (SSSR count). The lowest BCUT2D eigenvalue weighted by atomic mass is 10.1. The molecule has 0 spiro atoms. The summed E-state index contributed by atoms with van der Waals surface area (Å²) in [5.41, 5.74) is 7.36. The second kappa shape index (κ2) is 8.13. The molecule has 0 saturated carbocycles. The normalized spacial score (nSPS) is 9.95. The number of hydrogen-bond donors (Lipinski definition) is 2. The Hall–Kier alpha value is -2.04. The molecular formula is C14H20N2O3. The van der Waals surface area contributed by atoms with Crippen LogP contribution in [0.3, 0.4) is 0 Å². The molecule has 19 heavy (non-hydrogen) atoms. The van der Waals surface area contributed by atoms with Crippen LogP contribution in [-0.4, -0.2) is 25.5 Å². The van der Waals surface area contributed by atoms with Gasteiger partial charge in [-0.05, 0) is 30.5 Å². The van der Waals surface area contributed by atoms with E-state index >= 15 is 0 Å². The summed E-state index contributed by atoms with van der Waals surface area (Å²) in [5.74, 6) is -0.296. The molecule has 1 aromatic carbocycles. The summed E-state index contributed by atoms with van der Waals surface area (Å²) in [6.45, 7) is 0.281. The maximum atomic E-state index is 11.5. The van der Waals surface area contributed by atoms with E-state index in [0.29, 0.717) is 31.4 Å². The minimum Gasteiger partial charge on any atom is -0.466 e. The molecule has 0 bridgehead atoms. The summed E-state index contributed by atoms with van der Waals surface area (Å²) in [4.78, 5) is 22.4. The molecule has 0 aliphatic carbocycles. The van der Waals surface area contributed by atoms with E-state index in [9.17, 15) is 9.59 Å². The molecule has 0 saturated heterocycles. The van der Waals surface area contributed by atoms with E-state index < -0.39 is 0 Å². The van der Waals surface area contributed by atoms with Gasteiger partial charge in [0.2, 0.25) is 5.91 Å². The van der Waals surface area contributed by atoms with E-state index in [4.69, 9.17) is 10.5 Å². The zero-order valence-corrected chi connectivity index (χ0v) is 11.1. The highest BCUT2D eigenvalue weighted by molar-refractivity contribution is 5.75. The molecule has 5 nitrogen and oxygen atoms in total. The van der Waals surface area contributed by atoms with Gasteiger partial charge in [-0.15, -0.1) is 0 Å². The number of ether oxygens (including phenoxy) is 1. The van der Waals surface area contributed by atoms with Crippen molar-refractivity contribution < 1.29 is 14.3 Å². The number of rotatable bonds is 7. The Morgan fingerprint density at radius 3 is 2.79 bits per heavy atom. The van der Waals surface area contributed by atoms with Gasteiger partial charge >= 0.3 is 5.97 Å². The predicted molar refractivity (Wildman–Crippen MR) is 73.4 cm³/mol. The number of amides is 1. The smallest absolute Gasteiger partial charge is 0.306 e. The van der Waals surface area contributed by atoms with Gasteiger partial charge < -0.3 is 15.8 Å². The summed E-state index contributed by atoms with van der Waals surface area (Å²) in [5, 5.41) is 2.51. The molecular weight excluding hydrogens is 244 g/mol. The average molecular weight is 264 g/mol. The lowest BCUT2D eigenvalue weighted by molar-refractivity contribution is -0.144. The first-order chi connectivity index (χ1) is 9.11. The molecule has 3 N–H and O–H groups in total. The summed E-state index contributed by atoms with van der Waals surface area (Å²) >= 11 is 0. The van der Waals surface area contributed by atoms with Crippen LogP contribution in [0.25, 0.3) is 0 Å². The molecule has 104 valence electrons. The predicted octanol–water partition coefficient (Wildman–Crippen LogP) is 1.27. The van der Waals surface area contributed by atoms with Crippen LogP contribution in [0.1, 0.15) is 24.8 Å². The third-order valence-corrected chi connectivity index (χ3v) is 2.66. The topological polar surface area (TPSA) is 81.4 Å². The van der Waals surface area contributed by atoms with Gasteiger partial charge in [-0.2, -0.15) is 0 Å². The van der Waals surface area contributed by atoms with Crippen LogP contribution < -0.4 is 11.1 Å². The van der Waals surface area contributed by atoms with Gasteiger partial charge in [-0.1, -0.05) is 12.1 Å². The van der Waals surface area contributed by atoms with Crippen molar-refractivity contribution in [3.8, 4) is 0 Å². The Bertz CT molecular complexity index is 432. The van der Waals surface area contributed by atoms with Gasteiger partial charge in [0.1, 0.15) is 0 Å². The fraction of sp³-hybridized carbons (Fsp3) is 0.429. The van der Waals surface area contributed by atoms with Crippen LogP contribution in [0, 0.1) is 0 Å². The van der Waals surface area contributed by atoms with Crippen LogP contribution in [0.15, 0.2) is 24.3 Å². The average Bonchev–Trinajstić information content (AvgIpc) is 2.41. The second-order valence-corrected chi connectivity index (χ2v) is 4.24. The highest BCUT2D eigenvalue weighted by Gasteiger charge is 2.05. The van der Waals surface area contributed by atoms with E-state index in [2.05, 4.69) is 5.32 Å². The third-order valence-electron chi connectivity index (χ3n) is 2.66. The molecule has 1 amide bonds. The van der Waals surface area contributed by atoms with Crippen molar-refractivity contribution in [1.29, 1.82) is 0 Å². The fourth-order valence-corrected chi connectivity index (χ4v) is 1.61. The molecule has 0 radical (unpaired) electrons. The lowest BCUT2D eigenvalue weighted by Gasteiger charge is -2.05. The highest BCUT2D eigenvalue weighted by Crippen LogP contribution is 2.09. The maximum Gasteiger partial charge on any atom is 0.306 e. The number of esters is 1.